The maximum atomic E-state index is 10.3. The van der Waals surface area contributed by atoms with Crippen LogP contribution in [0.25, 0.3) is 0 Å². The summed E-state index contributed by atoms with van der Waals surface area (Å²) in [5.74, 6) is 1.60. The molecule has 0 aliphatic carbocycles. The number of thioether (sulfide) groups is 1. The molecule has 1 atom stereocenters. The lowest BCUT2D eigenvalue weighted by molar-refractivity contribution is 0.210. The summed E-state index contributed by atoms with van der Waals surface area (Å²) in [7, 11) is -1.02. The number of aliphatic hydroxyl groups is 1. The van der Waals surface area contributed by atoms with Crippen molar-refractivity contribution in [1.29, 1.82) is 0 Å². The SMILES string of the molecule is C[Si](C)(C)CSCn1ccnc1C(O)c1cccs1. The van der Waals surface area contributed by atoms with Crippen LogP contribution >= 0.6 is 23.1 Å². The van der Waals surface area contributed by atoms with E-state index in [4.69, 9.17) is 0 Å². The average Bonchev–Trinajstić information content (AvgIpc) is 2.97. The summed E-state index contributed by atoms with van der Waals surface area (Å²) in [6.45, 7) is 7.11. The van der Waals surface area contributed by atoms with Gasteiger partial charge in [-0.05, 0) is 16.8 Å². The summed E-state index contributed by atoms with van der Waals surface area (Å²) in [4.78, 5) is 5.25. The molecule has 0 radical (unpaired) electrons. The summed E-state index contributed by atoms with van der Waals surface area (Å²) in [5.41, 5.74) is 0. The van der Waals surface area contributed by atoms with Gasteiger partial charge in [0.25, 0.3) is 0 Å². The van der Waals surface area contributed by atoms with Crippen molar-refractivity contribution in [3.63, 3.8) is 0 Å². The van der Waals surface area contributed by atoms with Gasteiger partial charge < -0.3 is 9.67 Å². The highest BCUT2D eigenvalue weighted by molar-refractivity contribution is 7.99. The topological polar surface area (TPSA) is 38.0 Å². The van der Waals surface area contributed by atoms with E-state index in [1.165, 1.54) is 5.38 Å². The van der Waals surface area contributed by atoms with Crippen molar-refractivity contribution in [1.82, 2.24) is 9.55 Å². The van der Waals surface area contributed by atoms with Gasteiger partial charge in [-0.15, -0.1) is 23.1 Å². The smallest absolute Gasteiger partial charge is 0.146 e. The summed E-state index contributed by atoms with van der Waals surface area (Å²) >= 11 is 3.49. The number of nitrogens with zero attached hydrogens (tertiary/aromatic N) is 2. The summed E-state index contributed by atoms with van der Waals surface area (Å²) in [6.07, 6.45) is 3.10. The van der Waals surface area contributed by atoms with E-state index < -0.39 is 14.2 Å². The molecule has 0 bridgehead atoms. The first kappa shape index (κ1) is 14.8. The van der Waals surface area contributed by atoms with Crippen molar-refractivity contribution in [3.8, 4) is 0 Å². The van der Waals surface area contributed by atoms with Gasteiger partial charge in [-0.1, -0.05) is 25.7 Å². The lowest BCUT2D eigenvalue weighted by atomic mass is 10.3. The Morgan fingerprint density at radius 2 is 2.26 bits per heavy atom. The standard InChI is InChI=1S/C13H20N2OS2Si/c1-19(2,3)10-17-9-15-7-6-14-13(15)12(16)11-5-4-8-18-11/h4-8,12,16H,9-10H2,1-3H3. The molecule has 0 aromatic carbocycles. The minimum absolute atomic E-state index is 0.609. The first-order chi connectivity index (χ1) is 8.97. The zero-order valence-electron chi connectivity index (χ0n) is 11.5. The van der Waals surface area contributed by atoms with E-state index in [9.17, 15) is 5.11 Å². The zero-order chi connectivity index (χ0) is 13.9. The van der Waals surface area contributed by atoms with E-state index in [1.807, 2.05) is 35.5 Å². The van der Waals surface area contributed by atoms with Gasteiger partial charge in [0.1, 0.15) is 11.9 Å². The molecule has 19 heavy (non-hydrogen) atoms. The minimum Gasteiger partial charge on any atom is -0.380 e. The van der Waals surface area contributed by atoms with Gasteiger partial charge in [-0.25, -0.2) is 4.98 Å². The van der Waals surface area contributed by atoms with Crippen molar-refractivity contribution in [2.75, 3.05) is 5.38 Å². The Bertz CT molecular complexity index is 505. The van der Waals surface area contributed by atoms with Gasteiger partial charge in [0, 0.05) is 17.3 Å². The Labute approximate surface area is 123 Å². The quantitative estimate of drug-likeness (QED) is 0.828. The van der Waals surface area contributed by atoms with Crippen LogP contribution in [0.4, 0.5) is 0 Å². The van der Waals surface area contributed by atoms with Crippen molar-refractivity contribution < 1.29 is 5.11 Å². The second-order valence-electron chi connectivity index (χ2n) is 5.71. The summed E-state index contributed by atoms with van der Waals surface area (Å²) < 4.78 is 2.05. The fourth-order valence-electron chi connectivity index (χ4n) is 1.70. The third-order valence-electron chi connectivity index (χ3n) is 2.57. The molecule has 3 nitrogen and oxygen atoms in total. The van der Waals surface area contributed by atoms with Gasteiger partial charge >= 0.3 is 0 Å². The van der Waals surface area contributed by atoms with Crippen LogP contribution < -0.4 is 0 Å². The van der Waals surface area contributed by atoms with Crippen LogP contribution in [0, 0.1) is 0 Å². The van der Waals surface area contributed by atoms with Crippen LogP contribution in [0.3, 0.4) is 0 Å². The maximum absolute atomic E-state index is 10.3. The van der Waals surface area contributed by atoms with Gasteiger partial charge in [0.05, 0.1) is 14.0 Å². The highest BCUT2D eigenvalue weighted by atomic mass is 32.2. The number of hydrogen-bond acceptors (Lipinski definition) is 4. The lowest BCUT2D eigenvalue weighted by Gasteiger charge is -2.16. The van der Waals surface area contributed by atoms with E-state index in [-0.39, 0.29) is 0 Å². The Hall–Kier alpha value is -0.563. The molecule has 0 amide bonds. The minimum atomic E-state index is -1.02. The van der Waals surface area contributed by atoms with Crippen molar-refractivity contribution in [2.24, 2.45) is 0 Å². The van der Waals surface area contributed by atoms with Crippen LogP contribution in [-0.4, -0.2) is 28.1 Å². The van der Waals surface area contributed by atoms with Gasteiger partial charge in [0.2, 0.25) is 0 Å². The number of aromatic nitrogens is 2. The second kappa shape index (κ2) is 6.26. The molecule has 0 saturated carbocycles. The molecule has 104 valence electrons. The van der Waals surface area contributed by atoms with Gasteiger partial charge in [-0.2, -0.15) is 0 Å². The predicted octanol–water partition coefficient (Wildman–Crippen LogP) is 3.59. The largest absolute Gasteiger partial charge is 0.380 e. The maximum Gasteiger partial charge on any atom is 0.146 e. The third kappa shape index (κ3) is 4.20. The lowest BCUT2D eigenvalue weighted by Crippen LogP contribution is -2.24. The van der Waals surface area contributed by atoms with E-state index >= 15 is 0 Å². The Kier molecular flexibility index (Phi) is 4.89. The molecule has 2 rings (SSSR count). The van der Waals surface area contributed by atoms with Crippen LogP contribution in [0.15, 0.2) is 29.9 Å². The molecule has 2 aromatic heterocycles. The highest BCUT2D eigenvalue weighted by Crippen LogP contribution is 2.25. The number of aliphatic hydroxyl groups excluding tert-OH is 1. The monoisotopic (exact) mass is 312 g/mol. The van der Waals surface area contributed by atoms with E-state index in [0.717, 1.165) is 16.6 Å². The van der Waals surface area contributed by atoms with Crippen LogP contribution in [-0.2, 0) is 5.88 Å². The Balaban J connectivity index is 2.02. The molecule has 0 aliphatic heterocycles. The average molecular weight is 313 g/mol. The van der Waals surface area contributed by atoms with Crippen LogP contribution in [0.2, 0.25) is 19.6 Å². The summed E-state index contributed by atoms with van der Waals surface area (Å²) in [6, 6.07) is 3.90. The number of thiophene rings is 1. The molecule has 1 unspecified atom stereocenters. The van der Waals surface area contributed by atoms with Crippen molar-refractivity contribution in [2.45, 2.75) is 31.6 Å². The Morgan fingerprint density at radius 1 is 1.47 bits per heavy atom. The molecule has 2 heterocycles. The fraction of sp³-hybridized carbons (Fsp3) is 0.462. The predicted molar refractivity (Wildman–Crippen MR) is 86.4 cm³/mol. The molecule has 0 fully saturated rings. The van der Waals surface area contributed by atoms with Gasteiger partial charge in [-0.3, -0.25) is 0 Å². The first-order valence-electron chi connectivity index (χ1n) is 6.27. The molecular weight excluding hydrogens is 292 g/mol. The molecule has 1 N–H and O–H groups in total. The first-order valence-corrected chi connectivity index (χ1v) is 12.0. The Morgan fingerprint density at radius 3 is 2.89 bits per heavy atom. The molecule has 6 heteroatoms. The second-order valence-corrected chi connectivity index (χ2v) is 13.6. The third-order valence-corrected chi connectivity index (χ3v) is 8.24. The molecule has 0 aliphatic rings. The number of imidazole rings is 1. The summed E-state index contributed by atoms with van der Waals surface area (Å²) in [5, 5.41) is 13.5. The molecule has 0 saturated heterocycles. The van der Waals surface area contributed by atoms with Crippen molar-refractivity contribution >= 4 is 31.2 Å². The molecule has 0 spiro atoms. The zero-order valence-corrected chi connectivity index (χ0v) is 14.2. The van der Waals surface area contributed by atoms with E-state index in [1.54, 1.807) is 17.5 Å². The van der Waals surface area contributed by atoms with E-state index in [2.05, 4.69) is 29.2 Å². The van der Waals surface area contributed by atoms with Crippen molar-refractivity contribution in [3.05, 3.63) is 40.6 Å². The normalized spacial score (nSPS) is 13.7. The fourth-order valence-corrected chi connectivity index (χ4v) is 5.64. The number of rotatable bonds is 6. The van der Waals surface area contributed by atoms with Crippen LogP contribution in [0.5, 0.6) is 0 Å². The highest BCUT2D eigenvalue weighted by Gasteiger charge is 2.18. The van der Waals surface area contributed by atoms with E-state index in [0.29, 0.717) is 0 Å². The molecule has 2 aromatic rings. The van der Waals surface area contributed by atoms with Gasteiger partial charge in [0.15, 0.2) is 0 Å². The number of hydrogen-bond donors (Lipinski definition) is 1. The van der Waals surface area contributed by atoms with Crippen LogP contribution in [0.1, 0.15) is 16.8 Å². The molecular formula is C13H20N2OS2Si.